The largest absolute Gasteiger partial charge is 0.462 e. The standard InChI is InChI=1S/C69H118O6/c1-4-7-10-13-16-19-22-24-26-28-30-31-32-33-34-35-36-37-38-39-40-42-43-45-47-50-53-56-59-62-68(71)74-65-66(64-73-67(70)61-58-55-52-49-21-18-15-12-9-6-3)75-69(72)63-60-57-54-51-48-46-44-41-29-27-25-23-20-17-14-11-8-5-2/h7,10,12,15-16,19-20,23-24,26-27,29-31,33-34,66H,4-6,8-9,11,13-14,17-18,21-22,25,28,32,35-65H2,1-3H3/b10-7-,15-12-,19-16-,23-20-,26-24-,29-27-,31-30-,34-33-. The molecule has 75 heavy (non-hydrogen) atoms. The van der Waals surface area contributed by atoms with Gasteiger partial charge >= 0.3 is 17.9 Å². The fourth-order valence-electron chi connectivity index (χ4n) is 8.80. The lowest BCUT2D eigenvalue weighted by Crippen LogP contribution is -2.30. The van der Waals surface area contributed by atoms with Gasteiger partial charge in [-0.05, 0) is 116 Å². The van der Waals surface area contributed by atoms with E-state index in [1.807, 2.05) is 0 Å². The second-order valence-electron chi connectivity index (χ2n) is 20.9. The number of unbranched alkanes of at least 4 members (excludes halogenated alkanes) is 30. The number of hydrogen-bond donors (Lipinski definition) is 0. The molecule has 0 aliphatic carbocycles. The summed E-state index contributed by atoms with van der Waals surface area (Å²) in [6, 6.07) is 0. The molecule has 0 aromatic rings. The van der Waals surface area contributed by atoms with E-state index in [2.05, 4.69) is 118 Å². The number of carbonyl (C=O) groups is 3. The Morgan fingerprint density at radius 2 is 0.547 bits per heavy atom. The van der Waals surface area contributed by atoms with Crippen molar-refractivity contribution in [1.82, 2.24) is 0 Å². The van der Waals surface area contributed by atoms with E-state index in [1.54, 1.807) is 0 Å². The summed E-state index contributed by atoms with van der Waals surface area (Å²) >= 11 is 0. The van der Waals surface area contributed by atoms with Crippen LogP contribution in [0.2, 0.25) is 0 Å². The first-order valence-electron chi connectivity index (χ1n) is 31.7. The minimum Gasteiger partial charge on any atom is -0.462 e. The Balaban J connectivity index is 4.21. The molecular formula is C69H118O6. The number of ether oxygens (including phenoxy) is 3. The van der Waals surface area contributed by atoms with E-state index in [-0.39, 0.29) is 31.1 Å². The van der Waals surface area contributed by atoms with Crippen LogP contribution < -0.4 is 0 Å². The highest BCUT2D eigenvalue weighted by Gasteiger charge is 2.19. The fourth-order valence-corrected chi connectivity index (χ4v) is 8.80. The van der Waals surface area contributed by atoms with E-state index < -0.39 is 6.10 Å². The highest BCUT2D eigenvalue weighted by atomic mass is 16.6. The average Bonchev–Trinajstić information content (AvgIpc) is 3.41. The zero-order valence-corrected chi connectivity index (χ0v) is 49.3. The van der Waals surface area contributed by atoms with Crippen molar-refractivity contribution in [2.45, 2.75) is 309 Å². The zero-order valence-electron chi connectivity index (χ0n) is 49.3. The van der Waals surface area contributed by atoms with Crippen LogP contribution in [0.15, 0.2) is 97.2 Å². The van der Waals surface area contributed by atoms with Gasteiger partial charge < -0.3 is 14.2 Å². The van der Waals surface area contributed by atoms with Gasteiger partial charge in [0.15, 0.2) is 6.10 Å². The molecule has 0 fully saturated rings. The number of esters is 3. The monoisotopic (exact) mass is 1040 g/mol. The molecule has 0 spiro atoms. The first kappa shape index (κ1) is 71.3. The number of allylic oxidation sites excluding steroid dienone is 16. The van der Waals surface area contributed by atoms with Gasteiger partial charge in [0.25, 0.3) is 0 Å². The molecule has 430 valence electrons. The maximum atomic E-state index is 12.9. The minimum absolute atomic E-state index is 0.0827. The molecule has 0 aliphatic heterocycles. The lowest BCUT2D eigenvalue weighted by Gasteiger charge is -2.18. The predicted octanol–water partition coefficient (Wildman–Crippen LogP) is 21.7. The van der Waals surface area contributed by atoms with Crippen LogP contribution in [0.25, 0.3) is 0 Å². The lowest BCUT2D eigenvalue weighted by atomic mass is 10.0. The Kier molecular flexibility index (Phi) is 59.8. The molecule has 0 radical (unpaired) electrons. The van der Waals surface area contributed by atoms with Crippen LogP contribution >= 0.6 is 0 Å². The predicted molar refractivity (Wildman–Crippen MR) is 325 cm³/mol. The van der Waals surface area contributed by atoms with Crippen LogP contribution in [0.4, 0.5) is 0 Å². The molecule has 6 nitrogen and oxygen atoms in total. The number of hydrogen-bond acceptors (Lipinski definition) is 6. The normalized spacial score (nSPS) is 12.7. The average molecular weight is 1040 g/mol. The van der Waals surface area contributed by atoms with Crippen LogP contribution in [0.5, 0.6) is 0 Å². The first-order valence-corrected chi connectivity index (χ1v) is 31.7. The highest BCUT2D eigenvalue weighted by Crippen LogP contribution is 2.16. The van der Waals surface area contributed by atoms with E-state index >= 15 is 0 Å². The van der Waals surface area contributed by atoms with Gasteiger partial charge in [-0.3, -0.25) is 14.4 Å². The van der Waals surface area contributed by atoms with E-state index in [1.165, 1.54) is 148 Å². The highest BCUT2D eigenvalue weighted by molar-refractivity contribution is 5.71. The molecule has 6 heteroatoms. The van der Waals surface area contributed by atoms with E-state index in [9.17, 15) is 14.4 Å². The summed E-state index contributed by atoms with van der Waals surface area (Å²) < 4.78 is 16.9. The van der Waals surface area contributed by atoms with Gasteiger partial charge in [0.2, 0.25) is 0 Å². The summed E-state index contributed by atoms with van der Waals surface area (Å²) in [7, 11) is 0. The second kappa shape index (κ2) is 62.9. The van der Waals surface area contributed by atoms with Crippen molar-refractivity contribution >= 4 is 17.9 Å². The van der Waals surface area contributed by atoms with Gasteiger partial charge in [-0.1, -0.05) is 266 Å². The number of carbonyl (C=O) groups excluding carboxylic acids is 3. The minimum atomic E-state index is -0.785. The van der Waals surface area contributed by atoms with Crippen LogP contribution in [0, 0.1) is 0 Å². The van der Waals surface area contributed by atoms with Crippen molar-refractivity contribution in [2.24, 2.45) is 0 Å². The summed E-state index contributed by atoms with van der Waals surface area (Å²) in [5.74, 6) is -0.895. The Hall–Kier alpha value is -3.67. The number of rotatable bonds is 57. The molecule has 0 bridgehead atoms. The lowest BCUT2D eigenvalue weighted by molar-refractivity contribution is -0.167. The molecule has 1 unspecified atom stereocenters. The Labute approximate surface area is 464 Å². The van der Waals surface area contributed by atoms with Gasteiger partial charge in [-0.2, -0.15) is 0 Å². The smallest absolute Gasteiger partial charge is 0.306 e. The van der Waals surface area contributed by atoms with Gasteiger partial charge in [-0.25, -0.2) is 0 Å². The van der Waals surface area contributed by atoms with Crippen molar-refractivity contribution in [1.29, 1.82) is 0 Å². The second-order valence-corrected chi connectivity index (χ2v) is 20.9. The van der Waals surface area contributed by atoms with Crippen molar-refractivity contribution in [3.8, 4) is 0 Å². The Morgan fingerprint density at radius 3 is 0.880 bits per heavy atom. The van der Waals surface area contributed by atoms with Crippen molar-refractivity contribution < 1.29 is 28.6 Å². The van der Waals surface area contributed by atoms with Crippen molar-refractivity contribution in [3.63, 3.8) is 0 Å². The third-order valence-electron chi connectivity index (χ3n) is 13.5. The first-order chi connectivity index (χ1) is 37.0. The topological polar surface area (TPSA) is 78.9 Å². The zero-order chi connectivity index (χ0) is 54.3. The third kappa shape index (κ3) is 61.1. The van der Waals surface area contributed by atoms with E-state index in [4.69, 9.17) is 14.2 Å². The molecule has 0 aromatic carbocycles. The fraction of sp³-hybridized carbons (Fsp3) is 0.725. The molecule has 0 heterocycles. The molecule has 0 amide bonds. The summed E-state index contributed by atoms with van der Waals surface area (Å²) in [4.78, 5) is 38.2. The molecular weight excluding hydrogens is 925 g/mol. The van der Waals surface area contributed by atoms with E-state index in [0.29, 0.717) is 19.3 Å². The summed E-state index contributed by atoms with van der Waals surface area (Å²) in [5.41, 5.74) is 0. The maximum absolute atomic E-state index is 12.9. The molecule has 0 N–H and O–H groups in total. The molecule has 1 atom stereocenters. The maximum Gasteiger partial charge on any atom is 0.306 e. The van der Waals surface area contributed by atoms with Crippen LogP contribution in [0.3, 0.4) is 0 Å². The molecule has 0 aromatic heterocycles. The third-order valence-corrected chi connectivity index (χ3v) is 13.5. The Bertz CT molecular complexity index is 1480. The van der Waals surface area contributed by atoms with Crippen molar-refractivity contribution in [2.75, 3.05) is 13.2 Å². The summed E-state index contributed by atoms with van der Waals surface area (Å²) in [5, 5.41) is 0. The quantitative estimate of drug-likeness (QED) is 0.0261. The van der Waals surface area contributed by atoms with Crippen molar-refractivity contribution in [3.05, 3.63) is 97.2 Å². The SMILES string of the molecule is CC/C=C\C/C=C\C/C=C\C/C=C\C/C=C\CCCCCCCCCCCCCCCC(=O)OCC(COC(=O)CCCCCCC/C=C\CCC)OC(=O)CCCCCCCCC/C=C\C/C=C\CCCCCC. The Morgan fingerprint density at radius 1 is 0.280 bits per heavy atom. The summed E-state index contributed by atoms with van der Waals surface area (Å²) in [6.45, 7) is 6.45. The van der Waals surface area contributed by atoms with Gasteiger partial charge in [0.1, 0.15) is 13.2 Å². The van der Waals surface area contributed by atoms with Crippen LogP contribution in [0.1, 0.15) is 303 Å². The van der Waals surface area contributed by atoms with Crippen LogP contribution in [-0.4, -0.2) is 37.2 Å². The molecule has 0 saturated carbocycles. The molecule has 0 saturated heterocycles. The van der Waals surface area contributed by atoms with Gasteiger partial charge in [0.05, 0.1) is 0 Å². The van der Waals surface area contributed by atoms with E-state index in [0.717, 1.165) is 116 Å². The van der Waals surface area contributed by atoms with Gasteiger partial charge in [0, 0.05) is 19.3 Å². The molecule has 0 rings (SSSR count). The van der Waals surface area contributed by atoms with Gasteiger partial charge in [-0.15, -0.1) is 0 Å². The molecule has 0 aliphatic rings. The summed E-state index contributed by atoms with van der Waals surface area (Å²) in [6.07, 6.45) is 84.2. The van der Waals surface area contributed by atoms with Crippen LogP contribution in [-0.2, 0) is 28.6 Å².